The van der Waals surface area contributed by atoms with Gasteiger partial charge in [0.25, 0.3) is 0 Å². The number of nitrogens with zero attached hydrogens (tertiary/aromatic N) is 1. The van der Waals surface area contributed by atoms with E-state index in [0.29, 0.717) is 11.3 Å². The SMILES string of the molecule is Cc1ccc2cccc(C(=O)O)c2n1.Oc1ccc2ccccc2c1. The molecule has 3 aromatic carbocycles. The maximum Gasteiger partial charge on any atom is 0.337 e. The number of pyridine rings is 1. The van der Waals surface area contributed by atoms with Gasteiger partial charge in [-0.1, -0.05) is 48.5 Å². The van der Waals surface area contributed by atoms with Gasteiger partial charge >= 0.3 is 5.97 Å². The van der Waals surface area contributed by atoms with Crippen LogP contribution < -0.4 is 0 Å². The molecule has 4 nitrogen and oxygen atoms in total. The molecular formula is C21H17NO3. The Balaban J connectivity index is 0.000000150. The van der Waals surface area contributed by atoms with Crippen molar-refractivity contribution in [3.63, 3.8) is 0 Å². The van der Waals surface area contributed by atoms with Crippen molar-refractivity contribution in [3.05, 3.63) is 84.1 Å². The van der Waals surface area contributed by atoms with E-state index in [1.807, 2.05) is 55.5 Å². The Kier molecular flexibility index (Phi) is 4.61. The third-order valence-electron chi connectivity index (χ3n) is 3.82. The summed E-state index contributed by atoms with van der Waals surface area (Å²) in [6.45, 7) is 1.85. The lowest BCUT2D eigenvalue weighted by atomic mass is 10.1. The second-order valence-corrected chi connectivity index (χ2v) is 5.67. The van der Waals surface area contributed by atoms with E-state index >= 15 is 0 Å². The van der Waals surface area contributed by atoms with Crippen molar-refractivity contribution >= 4 is 27.6 Å². The fraction of sp³-hybridized carbons (Fsp3) is 0.0476. The molecule has 0 saturated carbocycles. The number of rotatable bonds is 1. The van der Waals surface area contributed by atoms with Crippen LogP contribution in [-0.2, 0) is 0 Å². The van der Waals surface area contributed by atoms with E-state index < -0.39 is 5.97 Å². The first kappa shape index (κ1) is 16.5. The number of carbonyl (C=O) groups is 1. The van der Waals surface area contributed by atoms with E-state index in [0.717, 1.165) is 21.9 Å². The van der Waals surface area contributed by atoms with E-state index in [9.17, 15) is 4.79 Å². The monoisotopic (exact) mass is 331 g/mol. The highest BCUT2D eigenvalue weighted by Gasteiger charge is 2.08. The minimum absolute atomic E-state index is 0.256. The van der Waals surface area contributed by atoms with Crippen molar-refractivity contribution in [2.75, 3.05) is 0 Å². The average molecular weight is 331 g/mol. The van der Waals surface area contributed by atoms with Crippen LogP contribution in [0.2, 0.25) is 0 Å². The van der Waals surface area contributed by atoms with Crippen LogP contribution >= 0.6 is 0 Å². The molecule has 25 heavy (non-hydrogen) atoms. The Morgan fingerprint density at radius 3 is 2.28 bits per heavy atom. The van der Waals surface area contributed by atoms with E-state index in [1.165, 1.54) is 0 Å². The number of benzene rings is 3. The molecule has 1 heterocycles. The highest BCUT2D eigenvalue weighted by atomic mass is 16.4. The molecule has 4 aromatic rings. The van der Waals surface area contributed by atoms with Crippen molar-refractivity contribution in [2.24, 2.45) is 0 Å². The molecule has 0 amide bonds. The summed E-state index contributed by atoms with van der Waals surface area (Å²) in [6.07, 6.45) is 0. The molecule has 0 bridgehead atoms. The van der Waals surface area contributed by atoms with E-state index in [2.05, 4.69) is 4.98 Å². The molecule has 0 atom stereocenters. The Hall–Kier alpha value is -3.40. The summed E-state index contributed by atoms with van der Waals surface area (Å²) in [7, 11) is 0. The highest BCUT2D eigenvalue weighted by molar-refractivity contribution is 6.01. The van der Waals surface area contributed by atoms with E-state index in [4.69, 9.17) is 10.2 Å². The third kappa shape index (κ3) is 3.75. The zero-order valence-electron chi connectivity index (χ0n) is 13.7. The van der Waals surface area contributed by atoms with Crippen LogP contribution in [0, 0.1) is 6.92 Å². The molecule has 0 spiro atoms. The Morgan fingerprint density at radius 2 is 1.52 bits per heavy atom. The van der Waals surface area contributed by atoms with Crippen molar-refractivity contribution in [1.82, 2.24) is 4.98 Å². The molecule has 124 valence electrons. The van der Waals surface area contributed by atoms with E-state index in [-0.39, 0.29) is 5.56 Å². The maximum absolute atomic E-state index is 10.9. The van der Waals surface area contributed by atoms with Gasteiger partial charge in [0, 0.05) is 11.1 Å². The molecule has 2 N–H and O–H groups in total. The number of aromatic hydroxyl groups is 1. The number of hydrogen-bond acceptors (Lipinski definition) is 3. The fourth-order valence-corrected chi connectivity index (χ4v) is 2.59. The number of aryl methyl sites for hydroxylation is 1. The molecule has 0 radical (unpaired) electrons. The van der Waals surface area contributed by atoms with Gasteiger partial charge < -0.3 is 10.2 Å². The van der Waals surface area contributed by atoms with Gasteiger partial charge in [0.2, 0.25) is 0 Å². The van der Waals surface area contributed by atoms with Crippen LogP contribution in [0.25, 0.3) is 21.7 Å². The molecular weight excluding hydrogens is 314 g/mol. The topological polar surface area (TPSA) is 70.4 Å². The van der Waals surface area contributed by atoms with Crippen LogP contribution in [0.3, 0.4) is 0 Å². The minimum Gasteiger partial charge on any atom is -0.508 e. The number of aromatic nitrogens is 1. The third-order valence-corrected chi connectivity index (χ3v) is 3.82. The largest absolute Gasteiger partial charge is 0.508 e. The molecule has 0 aliphatic heterocycles. The summed E-state index contributed by atoms with van der Waals surface area (Å²) < 4.78 is 0. The normalized spacial score (nSPS) is 10.3. The Labute approximate surface area is 145 Å². The van der Waals surface area contributed by atoms with Gasteiger partial charge in [-0.05, 0) is 42.0 Å². The van der Waals surface area contributed by atoms with Crippen molar-refractivity contribution in [3.8, 4) is 5.75 Å². The lowest BCUT2D eigenvalue weighted by Crippen LogP contribution is -1.99. The number of hydrogen-bond donors (Lipinski definition) is 2. The molecule has 4 rings (SSSR count). The van der Waals surface area contributed by atoms with Gasteiger partial charge in [0.1, 0.15) is 5.75 Å². The molecule has 4 heteroatoms. The summed E-state index contributed by atoms with van der Waals surface area (Å²) in [5.74, 6) is -0.614. The number of carboxylic acid groups (broad SMARTS) is 1. The minimum atomic E-state index is -0.936. The first-order chi connectivity index (χ1) is 12.0. The van der Waals surface area contributed by atoms with Crippen LogP contribution in [-0.4, -0.2) is 21.2 Å². The van der Waals surface area contributed by atoms with Crippen LogP contribution in [0.1, 0.15) is 16.1 Å². The lowest BCUT2D eigenvalue weighted by molar-refractivity contribution is 0.0699. The zero-order valence-corrected chi connectivity index (χ0v) is 13.7. The Morgan fingerprint density at radius 1 is 0.840 bits per heavy atom. The summed E-state index contributed by atoms with van der Waals surface area (Å²) in [5.41, 5.74) is 1.64. The highest BCUT2D eigenvalue weighted by Crippen LogP contribution is 2.19. The van der Waals surface area contributed by atoms with Crippen LogP contribution in [0.5, 0.6) is 5.75 Å². The molecule has 0 aliphatic rings. The number of aromatic carboxylic acids is 1. The second kappa shape index (κ2) is 7.01. The first-order valence-corrected chi connectivity index (χ1v) is 7.82. The zero-order chi connectivity index (χ0) is 17.8. The number of phenolic OH excluding ortho intramolecular Hbond substituents is 1. The molecule has 0 aliphatic carbocycles. The van der Waals surface area contributed by atoms with Gasteiger partial charge in [-0.2, -0.15) is 0 Å². The molecule has 0 fully saturated rings. The molecule has 0 saturated heterocycles. The number of para-hydroxylation sites is 1. The molecule has 0 unspecified atom stereocenters. The predicted molar refractivity (Wildman–Crippen MR) is 99.1 cm³/mol. The maximum atomic E-state index is 10.9. The van der Waals surface area contributed by atoms with E-state index in [1.54, 1.807) is 24.3 Å². The predicted octanol–water partition coefficient (Wildman–Crippen LogP) is 4.79. The number of carboxylic acids is 1. The van der Waals surface area contributed by atoms with Crippen molar-refractivity contribution in [1.29, 1.82) is 0 Å². The van der Waals surface area contributed by atoms with Gasteiger partial charge in [0.15, 0.2) is 0 Å². The lowest BCUT2D eigenvalue weighted by Gasteiger charge is -2.01. The quantitative estimate of drug-likeness (QED) is 0.526. The summed E-state index contributed by atoms with van der Waals surface area (Å²) in [4.78, 5) is 15.1. The molecule has 1 aromatic heterocycles. The van der Waals surface area contributed by atoms with Gasteiger partial charge in [-0.15, -0.1) is 0 Å². The first-order valence-electron chi connectivity index (χ1n) is 7.82. The fourth-order valence-electron chi connectivity index (χ4n) is 2.59. The average Bonchev–Trinajstić information content (AvgIpc) is 2.61. The van der Waals surface area contributed by atoms with Crippen LogP contribution in [0.4, 0.5) is 0 Å². The number of phenols is 1. The van der Waals surface area contributed by atoms with Gasteiger partial charge in [0.05, 0.1) is 11.1 Å². The van der Waals surface area contributed by atoms with Crippen LogP contribution in [0.15, 0.2) is 72.8 Å². The smallest absolute Gasteiger partial charge is 0.337 e. The second-order valence-electron chi connectivity index (χ2n) is 5.67. The van der Waals surface area contributed by atoms with Crippen molar-refractivity contribution < 1.29 is 15.0 Å². The van der Waals surface area contributed by atoms with Gasteiger partial charge in [-0.25, -0.2) is 4.79 Å². The summed E-state index contributed by atoms with van der Waals surface area (Å²) in [5, 5.41) is 21.2. The Bertz CT molecular complexity index is 1060. The number of fused-ring (bicyclic) bond motifs is 2. The van der Waals surface area contributed by atoms with Crippen molar-refractivity contribution in [2.45, 2.75) is 6.92 Å². The summed E-state index contributed by atoms with van der Waals surface area (Å²) in [6, 6.07) is 22.2. The summed E-state index contributed by atoms with van der Waals surface area (Å²) >= 11 is 0. The standard InChI is InChI=1S/C11H9NO2.C10H8O/c1-7-5-6-8-3-2-4-9(11(13)14)10(8)12-7;11-10-6-5-8-3-1-2-4-9(8)7-10/h2-6H,1H3,(H,13,14);1-7,11H. The van der Waals surface area contributed by atoms with Gasteiger partial charge in [-0.3, -0.25) is 4.98 Å².